The Morgan fingerprint density at radius 1 is 1.38 bits per heavy atom. The molecule has 0 bridgehead atoms. The summed E-state index contributed by atoms with van der Waals surface area (Å²) in [6, 6.07) is 0.283. The quantitative estimate of drug-likeness (QED) is 0.820. The Kier molecular flexibility index (Phi) is 3.00. The van der Waals surface area contributed by atoms with Gasteiger partial charge in [-0.05, 0) is 13.8 Å². The molecule has 0 aliphatic rings. The second-order valence-electron chi connectivity index (χ2n) is 3.92. The third-order valence-electron chi connectivity index (χ3n) is 2.31. The van der Waals surface area contributed by atoms with Crippen molar-refractivity contribution in [1.82, 2.24) is 24.5 Å². The first-order chi connectivity index (χ1) is 7.70. The minimum Gasteiger partial charge on any atom is -0.392 e. The van der Waals surface area contributed by atoms with E-state index in [1.54, 1.807) is 23.4 Å². The van der Waals surface area contributed by atoms with E-state index >= 15 is 0 Å². The predicted octanol–water partition coefficient (Wildman–Crippen LogP) is 0.596. The maximum Gasteiger partial charge on any atom is 0.148 e. The molecule has 1 N–H and O–H groups in total. The Hall–Kier alpha value is -1.69. The third-order valence-corrected chi connectivity index (χ3v) is 2.31. The van der Waals surface area contributed by atoms with E-state index in [-0.39, 0.29) is 12.6 Å². The summed E-state index contributed by atoms with van der Waals surface area (Å²) in [5.41, 5.74) is 0.801. The molecule has 6 heteroatoms. The molecule has 2 heterocycles. The van der Waals surface area contributed by atoms with Crippen LogP contribution in [-0.4, -0.2) is 29.7 Å². The maximum absolute atomic E-state index is 8.93. The van der Waals surface area contributed by atoms with Crippen molar-refractivity contribution in [2.45, 2.75) is 33.0 Å². The van der Waals surface area contributed by atoms with Crippen molar-refractivity contribution >= 4 is 0 Å². The van der Waals surface area contributed by atoms with Crippen molar-refractivity contribution in [3.05, 3.63) is 30.1 Å². The van der Waals surface area contributed by atoms with Crippen molar-refractivity contribution in [1.29, 1.82) is 0 Å². The zero-order valence-corrected chi connectivity index (χ0v) is 9.41. The monoisotopic (exact) mass is 221 g/mol. The summed E-state index contributed by atoms with van der Waals surface area (Å²) in [6.45, 7) is 4.69. The van der Waals surface area contributed by atoms with E-state index in [1.165, 1.54) is 0 Å². The van der Waals surface area contributed by atoms with Crippen LogP contribution < -0.4 is 0 Å². The number of nitrogens with zero attached hydrogens (tertiary/aromatic N) is 5. The van der Waals surface area contributed by atoms with Crippen molar-refractivity contribution in [3.8, 4) is 0 Å². The van der Waals surface area contributed by atoms with Crippen LogP contribution in [0.15, 0.2) is 18.7 Å². The van der Waals surface area contributed by atoms with E-state index in [2.05, 4.69) is 29.0 Å². The molecule has 2 aromatic rings. The van der Waals surface area contributed by atoms with Crippen LogP contribution in [0.1, 0.15) is 31.3 Å². The topological polar surface area (TPSA) is 68.8 Å². The number of aromatic nitrogens is 5. The highest BCUT2D eigenvalue weighted by Gasteiger charge is 2.08. The van der Waals surface area contributed by atoms with E-state index in [9.17, 15) is 0 Å². The van der Waals surface area contributed by atoms with Gasteiger partial charge in [-0.1, -0.05) is 0 Å². The van der Waals surface area contributed by atoms with Gasteiger partial charge in [0.25, 0.3) is 0 Å². The van der Waals surface area contributed by atoms with E-state index in [0.717, 1.165) is 11.4 Å². The third kappa shape index (κ3) is 2.11. The van der Waals surface area contributed by atoms with Gasteiger partial charge in [0.05, 0.1) is 12.8 Å². The van der Waals surface area contributed by atoms with Gasteiger partial charge in [0.1, 0.15) is 18.7 Å². The minimum absolute atomic E-state index is 0.0108. The molecule has 0 saturated heterocycles. The zero-order valence-electron chi connectivity index (χ0n) is 9.41. The lowest BCUT2D eigenvalue weighted by atomic mass is 10.4. The molecule has 86 valence electrons. The van der Waals surface area contributed by atoms with Gasteiger partial charge in [-0.3, -0.25) is 4.68 Å². The summed E-state index contributed by atoms with van der Waals surface area (Å²) in [5, 5.41) is 17.2. The summed E-state index contributed by atoms with van der Waals surface area (Å²) in [7, 11) is 0. The normalized spacial score (nSPS) is 11.2. The fraction of sp³-hybridized carbons (Fsp3) is 0.500. The molecule has 6 nitrogen and oxygen atoms in total. The van der Waals surface area contributed by atoms with Crippen LogP contribution in [0.5, 0.6) is 0 Å². The Balaban J connectivity index is 2.17. The van der Waals surface area contributed by atoms with E-state index in [1.807, 2.05) is 4.68 Å². The van der Waals surface area contributed by atoms with Crippen LogP contribution in [0.25, 0.3) is 0 Å². The molecule has 0 aliphatic carbocycles. The number of hydrogen-bond donors (Lipinski definition) is 1. The second kappa shape index (κ2) is 4.44. The molecule has 0 amide bonds. The number of rotatable bonds is 4. The summed E-state index contributed by atoms with van der Waals surface area (Å²) in [5.74, 6) is 0.864. The van der Waals surface area contributed by atoms with Crippen molar-refractivity contribution in [2.75, 3.05) is 0 Å². The van der Waals surface area contributed by atoms with E-state index in [4.69, 9.17) is 5.11 Å². The Labute approximate surface area is 93.5 Å². The van der Waals surface area contributed by atoms with Gasteiger partial charge in [-0.2, -0.15) is 10.2 Å². The smallest absolute Gasteiger partial charge is 0.148 e. The first-order valence-electron chi connectivity index (χ1n) is 5.21. The molecule has 2 aromatic heterocycles. The average molecular weight is 221 g/mol. The Morgan fingerprint density at radius 2 is 2.19 bits per heavy atom. The van der Waals surface area contributed by atoms with Crippen LogP contribution in [0.2, 0.25) is 0 Å². The zero-order chi connectivity index (χ0) is 11.5. The fourth-order valence-corrected chi connectivity index (χ4v) is 1.54. The number of aliphatic hydroxyl groups is 1. The van der Waals surface area contributed by atoms with Gasteiger partial charge in [0.15, 0.2) is 0 Å². The standard InChI is InChI=1S/C10H15N5O/c1-8(2)15-10(11-7-13-15)5-14-4-9(6-16)3-12-14/h3-4,7-8,16H,5-6H2,1-2H3. The van der Waals surface area contributed by atoms with Gasteiger partial charge in [0.2, 0.25) is 0 Å². The van der Waals surface area contributed by atoms with Crippen LogP contribution >= 0.6 is 0 Å². The highest BCUT2D eigenvalue weighted by molar-refractivity contribution is 5.02. The minimum atomic E-state index is 0.0108. The molecule has 2 rings (SSSR count). The van der Waals surface area contributed by atoms with Crippen molar-refractivity contribution in [2.24, 2.45) is 0 Å². The lowest BCUT2D eigenvalue weighted by Crippen LogP contribution is -2.12. The number of aliphatic hydroxyl groups excluding tert-OH is 1. The average Bonchev–Trinajstić information content (AvgIpc) is 2.87. The molecule has 0 radical (unpaired) electrons. The first kappa shape index (κ1) is 10.8. The number of hydrogen-bond acceptors (Lipinski definition) is 4. The van der Waals surface area contributed by atoms with Crippen molar-refractivity contribution in [3.63, 3.8) is 0 Å². The van der Waals surface area contributed by atoms with E-state index < -0.39 is 0 Å². The largest absolute Gasteiger partial charge is 0.392 e. The lowest BCUT2D eigenvalue weighted by molar-refractivity contribution is 0.281. The molecule has 0 aromatic carbocycles. The van der Waals surface area contributed by atoms with Crippen LogP contribution in [0.4, 0.5) is 0 Å². The van der Waals surface area contributed by atoms with Gasteiger partial charge >= 0.3 is 0 Å². The van der Waals surface area contributed by atoms with Gasteiger partial charge in [-0.15, -0.1) is 0 Å². The van der Waals surface area contributed by atoms with Gasteiger partial charge in [0, 0.05) is 17.8 Å². The van der Waals surface area contributed by atoms with Gasteiger partial charge < -0.3 is 5.11 Å². The summed E-state index contributed by atoms with van der Waals surface area (Å²) < 4.78 is 3.61. The van der Waals surface area contributed by atoms with Crippen LogP contribution in [0.3, 0.4) is 0 Å². The predicted molar refractivity (Wildman–Crippen MR) is 57.7 cm³/mol. The maximum atomic E-state index is 8.93. The van der Waals surface area contributed by atoms with Crippen LogP contribution in [-0.2, 0) is 13.2 Å². The molecular formula is C10H15N5O. The van der Waals surface area contributed by atoms with Crippen molar-refractivity contribution < 1.29 is 5.11 Å². The SMILES string of the molecule is CC(C)n1ncnc1Cn1cc(CO)cn1. The molecule has 0 atom stereocenters. The van der Waals surface area contributed by atoms with Crippen LogP contribution in [0, 0.1) is 0 Å². The molecule has 16 heavy (non-hydrogen) atoms. The highest BCUT2D eigenvalue weighted by Crippen LogP contribution is 2.07. The highest BCUT2D eigenvalue weighted by atomic mass is 16.3. The molecule has 0 fully saturated rings. The van der Waals surface area contributed by atoms with E-state index in [0.29, 0.717) is 6.54 Å². The molecular weight excluding hydrogens is 206 g/mol. The van der Waals surface area contributed by atoms with Gasteiger partial charge in [-0.25, -0.2) is 9.67 Å². The molecule has 0 saturated carbocycles. The Morgan fingerprint density at radius 3 is 2.81 bits per heavy atom. The lowest BCUT2D eigenvalue weighted by Gasteiger charge is -2.08. The molecule has 0 unspecified atom stereocenters. The summed E-state index contributed by atoms with van der Waals surface area (Å²) in [6.07, 6.45) is 5.00. The fourth-order valence-electron chi connectivity index (χ4n) is 1.54. The second-order valence-corrected chi connectivity index (χ2v) is 3.92. The molecule has 0 aliphatic heterocycles. The summed E-state index contributed by atoms with van der Waals surface area (Å²) >= 11 is 0. The first-order valence-corrected chi connectivity index (χ1v) is 5.21. The molecule has 0 spiro atoms. The Bertz CT molecular complexity index is 459. The summed E-state index contributed by atoms with van der Waals surface area (Å²) in [4.78, 5) is 4.20.